The van der Waals surface area contributed by atoms with Crippen LogP contribution in [-0.4, -0.2) is 116 Å². The van der Waals surface area contributed by atoms with Gasteiger partial charge in [0.25, 0.3) is 5.56 Å². The van der Waals surface area contributed by atoms with Gasteiger partial charge in [-0.3, -0.25) is 24.0 Å². The fourth-order valence-corrected chi connectivity index (χ4v) is 9.37. The van der Waals surface area contributed by atoms with Crippen LogP contribution in [0, 0.1) is 5.41 Å². The van der Waals surface area contributed by atoms with Crippen LogP contribution in [0.4, 0.5) is 4.79 Å². The van der Waals surface area contributed by atoms with E-state index in [1.165, 1.54) is 0 Å². The van der Waals surface area contributed by atoms with Gasteiger partial charge in [0.2, 0.25) is 11.8 Å². The number of piperidine rings is 1. The Morgan fingerprint density at radius 2 is 1.34 bits per heavy atom. The number of carbonyl (C=O) groups excluding carboxylic acids is 6. The van der Waals surface area contributed by atoms with Crippen molar-refractivity contribution in [3.8, 4) is 17.1 Å². The van der Waals surface area contributed by atoms with Crippen molar-refractivity contribution in [2.75, 3.05) is 39.3 Å². The molecule has 6 heterocycles. The van der Waals surface area contributed by atoms with Crippen molar-refractivity contribution in [1.82, 2.24) is 24.3 Å². The first-order valence-corrected chi connectivity index (χ1v) is 23.7. The van der Waals surface area contributed by atoms with Crippen LogP contribution in [0.15, 0.2) is 29.1 Å². The molecule has 2 fully saturated rings. The number of benzene rings is 1. The van der Waals surface area contributed by atoms with Crippen molar-refractivity contribution < 1.29 is 52.8 Å². The van der Waals surface area contributed by atoms with E-state index in [9.17, 15) is 38.7 Å². The highest BCUT2D eigenvalue weighted by Gasteiger charge is 2.53. The second-order valence-electron chi connectivity index (χ2n) is 20.2. The average molecular weight is 928 g/mol. The number of fused-ring (bicyclic) bond motifs is 5. The van der Waals surface area contributed by atoms with E-state index in [0.717, 1.165) is 24.0 Å². The predicted octanol–water partition coefficient (Wildman–Crippen LogP) is 5.92. The van der Waals surface area contributed by atoms with Gasteiger partial charge in [-0.2, -0.15) is 0 Å². The van der Waals surface area contributed by atoms with Crippen LogP contribution in [0.1, 0.15) is 135 Å². The van der Waals surface area contributed by atoms with Crippen molar-refractivity contribution in [2.45, 2.75) is 150 Å². The monoisotopic (exact) mass is 927 g/mol. The molecule has 3 aromatic rings. The van der Waals surface area contributed by atoms with E-state index in [1.807, 2.05) is 19.1 Å². The molecule has 4 aliphatic heterocycles. The number of amides is 3. The van der Waals surface area contributed by atoms with Gasteiger partial charge in [0.05, 0.1) is 29.0 Å². The van der Waals surface area contributed by atoms with Gasteiger partial charge < -0.3 is 43.3 Å². The lowest BCUT2D eigenvalue weighted by Gasteiger charge is -2.40. The van der Waals surface area contributed by atoms with E-state index in [-0.39, 0.29) is 74.0 Å². The highest BCUT2D eigenvalue weighted by Crippen LogP contribution is 2.41. The van der Waals surface area contributed by atoms with Gasteiger partial charge in [0.1, 0.15) is 23.6 Å². The minimum absolute atomic E-state index is 0.0106. The number of aromatic nitrogens is 2. The number of nitrogens with zero attached hydrogens (tertiary/aromatic N) is 5. The number of hydrogen-bond donors (Lipinski definition) is 1. The number of aliphatic hydroxyl groups is 1. The quantitative estimate of drug-likeness (QED) is 0.0760. The molecule has 0 spiro atoms. The van der Waals surface area contributed by atoms with Crippen LogP contribution in [0.3, 0.4) is 0 Å². The Morgan fingerprint density at radius 3 is 1.90 bits per heavy atom. The molecule has 0 bridgehead atoms. The molecular weight excluding hydrogens is 863 g/mol. The molecule has 17 heteroatoms. The molecule has 67 heavy (non-hydrogen) atoms. The summed E-state index contributed by atoms with van der Waals surface area (Å²) in [5.74, 6) is -1.73. The lowest BCUT2D eigenvalue weighted by molar-refractivity contribution is -0.190. The minimum atomic E-state index is -1.93. The smallest absolute Gasteiger partial charge is 0.415 e. The fourth-order valence-electron chi connectivity index (χ4n) is 9.37. The zero-order chi connectivity index (χ0) is 48.6. The third kappa shape index (κ3) is 10.1. The number of hydrogen-bond acceptors (Lipinski definition) is 13. The maximum atomic E-state index is 13.7. The van der Waals surface area contributed by atoms with Crippen LogP contribution in [0.2, 0.25) is 0 Å². The maximum absolute atomic E-state index is 13.7. The molecular formula is C50H65N5O12. The molecule has 0 saturated carbocycles. The van der Waals surface area contributed by atoms with Gasteiger partial charge >= 0.3 is 24.0 Å². The normalized spacial score (nSPS) is 19.0. The first kappa shape index (κ1) is 49.1. The predicted molar refractivity (Wildman–Crippen MR) is 246 cm³/mol. The summed E-state index contributed by atoms with van der Waals surface area (Å²) in [6.45, 7) is 16.0. The number of likely N-dealkylation sites (tertiary alicyclic amines) is 1. The average Bonchev–Trinajstić information content (AvgIpc) is 3.65. The van der Waals surface area contributed by atoms with Gasteiger partial charge in [0.15, 0.2) is 11.0 Å². The molecule has 7 rings (SSSR count). The second-order valence-corrected chi connectivity index (χ2v) is 20.2. The third-order valence-electron chi connectivity index (χ3n) is 13.3. The molecule has 1 N–H and O–H groups in total. The summed E-state index contributed by atoms with van der Waals surface area (Å²) in [5, 5.41) is 11.9. The number of unbranched alkanes of at least 4 members (excludes halogenated alkanes) is 3. The van der Waals surface area contributed by atoms with Crippen LogP contribution >= 0.6 is 0 Å². The van der Waals surface area contributed by atoms with E-state index in [1.54, 1.807) is 79.9 Å². The lowest BCUT2D eigenvalue weighted by Crippen LogP contribution is -2.53. The van der Waals surface area contributed by atoms with E-state index in [0.29, 0.717) is 86.3 Å². The molecule has 2 aromatic heterocycles. The van der Waals surface area contributed by atoms with Gasteiger partial charge in [-0.05, 0) is 104 Å². The number of aryl methyl sites for hydroxylation is 1. The summed E-state index contributed by atoms with van der Waals surface area (Å²) in [6, 6.07) is 7.17. The summed E-state index contributed by atoms with van der Waals surface area (Å²) in [6.07, 6.45) is 3.96. The number of piperazine rings is 1. The zero-order valence-corrected chi connectivity index (χ0v) is 40.2. The highest BCUT2D eigenvalue weighted by atomic mass is 16.6. The van der Waals surface area contributed by atoms with Crippen molar-refractivity contribution in [3.63, 3.8) is 0 Å². The Labute approximate surface area is 391 Å². The minimum Gasteiger partial charge on any atom is -0.459 e. The molecule has 362 valence electrons. The number of cyclic esters (lactones) is 1. The molecule has 4 aliphatic rings. The molecule has 2 saturated heterocycles. The summed E-state index contributed by atoms with van der Waals surface area (Å²) >= 11 is 0. The van der Waals surface area contributed by atoms with Crippen LogP contribution in [-0.2, 0) is 63.4 Å². The highest BCUT2D eigenvalue weighted by molar-refractivity contribution is 6.01. The summed E-state index contributed by atoms with van der Waals surface area (Å²) < 4.78 is 24.1. The molecule has 1 aromatic carbocycles. The topological polar surface area (TPSA) is 204 Å². The number of carbonyl (C=O) groups is 6. The van der Waals surface area contributed by atoms with Gasteiger partial charge in [-0.25, -0.2) is 14.6 Å². The Balaban J connectivity index is 0.871. The zero-order valence-electron chi connectivity index (χ0n) is 40.2. The Bertz CT molecular complexity index is 2490. The number of rotatable bonds is 12. The fraction of sp³-hybridized carbons (Fsp3) is 0.600. The van der Waals surface area contributed by atoms with E-state index in [2.05, 4.69) is 0 Å². The standard InChI is InChI=1S/C50H65N5O12/c1-9-31-17-18-37(33-27-32-29-55-36(41(32)51-40(31)33)28-35-34(42(55)58)30-64-45(61)50(35,63)10-2)65-46(62)54-25-23-53(24-26-54)39(57)16-14-12-11-13-15-38(56)52-21-19-49(20-22-52,43(59)66-47(3,4)5)44(60)67-48(6,7)8/h17-18,27-28,63H,9-16,19-26,29-30H2,1-8H3/t50-/m0/s1. The van der Waals surface area contributed by atoms with Gasteiger partial charge in [-0.1, -0.05) is 32.8 Å². The lowest BCUT2D eigenvalue weighted by atomic mass is 9.77. The van der Waals surface area contributed by atoms with Crippen LogP contribution in [0.5, 0.6) is 5.75 Å². The summed E-state index contributed by atoms with van der Waals surface area (Å²) in [7, 11) is 0. The molecule has 0 unspecified atom stereocenters. The first-order chi connectivity index (χ1) is 31.6. The summed E-state index contributed by atoms with van der Waals surface area (Å²) in [5.41, 5.74) is -1.54. The number of ether oxygens (including phenoxy) is 4. The largest absolute Gasteiger partial charge is 0.459 e. The SMILES string of the molecule is CCc1ccc(OC(=O)N2CCN(C(=O)CCCCCCC(=O)N3CCC(C(=O)OC(C)(C)C)(C(=O)OC(C)(C)C)CC3)CC2)c2cc3c(nc12)-c1cc2c(c(=O)n1C3)COC(=O)[C@]2(O)CC. The number of esters is 3. The Morgan fingerprint density at radius 1 is 0.776 bits per heavy atom. The molecule has 0 aliphatic carbocycles. The third-order valence-corrected chi connectivity index (χ3v) is 13.3. The van der Waals surface area contributed by atoms with Crippen LogP contribution < -0.4 is 10.3 Å². The number of pyridine rings is 2. The van der Waals surface area contributed by atoms with Crippen molar-refractivity contribution in [2.24, 2.45) is 5.41 Å². The first-order valence-electron chi connectivity index (χ1n) is 23.7. The van der Waals surface area contributed by atoms with Crippen molar-refractivity contribution >= 4 is 46.7 Å². The Hall–Kier alpha value is -5.84. The summed E-state index contributed by atoms with van der Waals surface area (Å²) in [4.78, 5) is 103. The molecule has 0 radical (unpaired) electrons. The van der Waals surface area contributed by atoms with Crippen LogP contribution in [0.25, 0.3) is 22.3 Å². The second kappa shape index (κ2) is 19.0. The molecule has 17 nitrogen and oxygen atoms in total. The maximum Gasteiger partial charge on any atom is 0.415 e. The van der Waals surface area contributed by atoms with E-state index in [4.69, 9.17) is 23.9 Å². The van der Waals surface area contributed by atoms with E-state index >= 15 is 0 Å². The van der Waals surface area contributed by atoms with E-state index < -0.39 is 46.2 Å². The molecule has 1 atom stereocenters. The Kier molecular flexibility index (Phi) is 13.9. The van der Waals surface area contributed by atoms with Crippen molar-refractivity contribution in [3.05, 3.63) is 56.9 Å². The van der Waals surface area contributed by atoms with Gasteiger partial charge in [-0.15, -0.1) is 0 Å². The van der Waals surface area contributed by atoms with Gasteiger partial charge in [0, 0.05) is 68.6 Å². The van der Waals surface area contributed by atoms with Crippen molar-refractivity contribution in [1.29, 1.82) is 0 Å². The molecule has 3 amide bonds.